The van der Waals surface area contributed by atoms with E-state index in [0.717, 1.165) is 0 Å². The van der Waals surface area contributed by atoms with Gasteiger partial charge in [0.1, 0.15) is 0 Å². The molecule has 0 aromatic carbocycles. The molecule has 1 amide bonds. The van der Waals surface area contributed by atoms with E-state index in [2.05, 4.69) is 18.4 Å². The molecule has 0 saturated heterocycles. The topological polar surface area (TPSA) is 43.1 Å². The molecule has 0 bridgehead atoms. The van der Waals surface area contributed by atoms with Crippen molar-refractivity contribution in [3.05, 3.63) is 0 Å². The second-order valence-electron chi connectivity index (χ2n) is 0.338. The molecular weight excluding hydrogens is 196 g/mol. The summed E-state index contributed by atoms with van der Waals surface area (Å²) in [5.74, 6) is 0. The van der Waals surface area contributed by atoms with Gasteiger partial charge in [-0.3, -0.25) is 4.79 Å². The van der Waals surface area contributed by atoms with Crippen LogP contribution >= 0.6 is 12.6 Å². The summed E-state index contributed by atoms with van der Waals surface area (Å²) in [5.41, 5.74) is 4.34. The molecule has 0 aliphatic rings. The van der Waals surface area contributed by atoms with Gasteiger partial charge in [0.25, 0.3) is 5.24 Å². The van der Waals surface area contributed by atoms with E-state index in [0.29, 0.717) is 0 Å². The first-order chi connectivity index (χ1) is 1.73. The Hall–Kier alpha value is 0.638. The standard InChI is InChI=1S/CH3NOS.Sb/c2-1(3)4;/h(H3,2,3,4);. The molecule has 0 aromatic heterocycles. The van der Waals surface area contributed by atoms with Crippen LogP contribution in [0.3, 0.4) is 0 Å². The molecule has 0 rings (SSSR count). The Bertz CT molecular complexity index is 34.6. The van der Waals surface area contributed by atoms with Gasteiger partial charge in [0, 0.05) is 24.4 Å². The van der Waals surface area contributed by atoms with E-state index in [4.69, 9.17) is 4.79 Å². The number of thiol groups is 1. The molecule has 0 fully saturated rings. The number of hydrogen-bond acceptors (Lipinski definition) is 1. The minimum absolute atomic E-state index is 0. The van der Waals surface area contributed by atoms with Crippen LogP contribution in [0.5, 0.6) is 0 Å². The van der Waals surface area contributed by atoms with Crippen LogP contribution in [-0.2, 0) is 0 Å². The molecule has 0 heterocycles. The summed E-state index contributed by atoms with van der Waals surface area (Å²) in [5, 5.41) is -0.639. The molecule has 2 nitrogen and oxygen atoms in total. The molecular formula is CH3NOSSb. The summed E-state index contributed by atoms with van der Waals surface area (Å²) in [6, 6.07) is 0. The van der Waals surface area contributed by atoms with Crippen LogP contribution in [-0.4, -0.2) is 29.7 Å². The Morgan fingerprint density at radius 3 is 1.80 bits per heavy atom. The molecule has 5 heavy (non-hydrogen) atoms. The number of amides is 1. The number of carbonyl (C=O) groups excluding carboxylic acids is 1. The van der Waals surface area contributed by atoms with Gasteiger partial charge in [-0.25, -0.2) is 0 Å². The predicted molar refractivity (Wildman–Crippen MR) is 24.3 cm³/mol. The molecule has 0 aliphatic carbocycles. The summed E-state index contributed by atoms with van der Waals surface area (Å²) >= 11 is 3.10. The third kappa shape index (κ3) is 79.3. The van der Waals surface area contributed by atoms with Crippen molar-refractivity contribution in [3.8, 4) is 0 Å². The first-order valence-electron chi connectivity index (χ1n) is 0.716. The Labute approximate surface area is 53.0 Å². The van der Waals surface area contributed by atoms with Crippen molar-refractivity contribution in [2.75, 3.05) is 0 Å². The van der Waals surface area contributed by atoms with Crippen LogP contribution in [0.1, 0.15) is 0 Å². The second-order valence-corrected chi connectivity index (χ2v) is 0.779. The van der Waals surface area contributed by atoms with E-state index < -0.39 is 5.24 Å². The van der Waals surface area contributed by atoms with Crippen LogP contribution in [0.4, 0.5) is 4.79 Å². The number of carbonyl (C=O) groups is 1. The zero-order valence-corrected chi connectivity index (χ0v) is 5.83. The maximum Gasteiger partial charge on any atom is 0.273 e. The zero-order chi connectivity index (χ0) is 3.58. The number of rotatable bonds is 0. The van der Waals surface area contributed by atoms with Gasteiger partial charge < -0.3 is 5.73 Å². The smallest absolute Gasteiger partial charge is 0.273 e. The average molecular weight is 199 g/mol. The van der Waals surface area contributed by atoms with Gasteiger partial charge in [-0.2, -0.15) is 0 Å². The summed E-state index contributed by atoms with van der Waals surface area (Å²) in [4.78, 5) is 9.09. The third-order valence-corrected chi connectivity index (χ3v) is 0. The number of nitrogens with two attached hydrogens (primary N) is 1. The van der Waals surface area contributed by atoms with E-state index in [1.165, 1.54) is 0 Å². The molecule has 0 aromatic rings. The molecule has 0 unspecified atom stereocenters. The number of hydrogen-bond donors (Lipinski definition) is 2. The first kappa shape index (κ1) is 9.16. The summed E-state index contributed by atoms with van der Waals surface area (Å²) < 4.78 is 0. The second kappa shape index (κ2) is 4.64. The van der Waals surface area contributed by atoms with Crippen LogP contribution in [0.2, 0.25) is 0 Å². The van der Waals surface area contributed by atoms with Gasteiger partial charge in [-0.15, -0.1) is 0 Å². The van der Waals surface area contributed by atoms with Crippen molar-refractivity contribution in [1.82, 2.24) is 0 Å². The van der Waals surface area contributed by atoms with E-state index in [1.807, 2.05) is 0 Å². The van der Waals surface area contributed by atoms with Gasteiger partial charge in [0.2, 0.25) is 0 Å². The van der Waals surface area contributed by atoms with Crippen molar-refractivity contribution >= 4 is 42.3 Å². The van der Waals surface area contributed by atoms with E-state index in [-0.39, 0.29) is 24.4 Å². The molecule has 29 valence electrons. The molecule has 2 N–H and O–H groups in total. The van der Waals surface area contributed by atoms with Gasteiger partial charge in [0.15, 0.2) is 0 Å². The summed E-state index contributed by atoms with van der Waals surface area (Å²) in [6.45, 7) is 0. The van der Waals surface area contributed by atoms with Gasteiger partial charge in [-0.1, -0.05) is 12.6 Å². The zero-order valence-electron chi connectivity index (χ0n) is 2.38. The Morgan fingerprint density at radius 2 is 1.80 bits per heavy atom. The van der Waals surface area contributed by atoms with Gasteiger partial charge in [0.05, 0.1) is 0 Å². The van der Waals surface area contributed by atoms with Gasteiger partial charge >= 0.3 is 0 Å². The van der Waals surface area contributed by atoms with E-state index >= 15 is 0 Å². The van der Waals surface area contributed by atoms with E-state index in [1.54, 1.807) is 0 Å². The van der Waals surface area contributed by atoms with Crippen molar-refractivity contribution in [1.29, 1.82) is 0 Å². The fraction of sp³-hybridized carbons (Fsp3) is 0. The Balaban J connectivity index is 0. The van der Waals surface area contributed by atoms with Crippen LogP contribution in [0, 0.1) is 0 Å². The minimum Gasteiger partial charge on any atom is -0.361 e. The SMILES string of the molecule is NC(=O)S.[Sb]. The van der Waals surface area contributed by atoms with Crippen LogP contribution < -0.4 is 5.73 Å². The van der Waals surface area contributed by atoms with Crippen molar-refractivity contribution in [2.24, 2.45) is 5.73 Å². The van der Waals surface area contributed by atoms with Crippen molar-refractivity contribution < 1.29 is 4.79 Å². The third-order valence-electron chi connectivity index (χ3n) is 0. The maximum absolute atomic E-state index is 9.09. The fourth-order valence-electron chi connectivity index (χ4n) is 0. The van der Waals surface area contributed by atoms with Gasteiger partial charge in [-0.05, 0) is 0 Å². The molecule has 0 atom stereocenters. The van der Waals surface area contributed by atoms with Crippen LogP contribution in [0.25, 0.3) is 0 Å². The molecule has 0 saturated carbocycles. The fourth-order valence-corrected chi connectivity index (χ4v) is 0. The summed E-state index contributed by atoms with van der Waals surface area (Å²) in [6.07, 6.45) is 0. The Morgan fingerprint density at radius 1 is 1.80 bits per heavy atom. The normalized spacial score (nSPS) is 5.00. The monoisotopic (exact) mass is 198 g/mol. The molecule has 4 heteroatoms. The molecule has 3 radical (unpaired) electrons. The van der Waals surface area contributed by atoms with Crippen LogP contribution in [0.15, 0.2) is 0 Å². The molecule has 0 spiro atoms. The summed E-state index contributed by atoms with van der Waals surface area (Å²) in [7, 11) is 0. The quantitative estimate of drug-likeness (QED) is 0.405. The first-order valence-corrected chi connectivity index (χ1v) is 1.16. The predicted octanol–water partition coefficient (Wildman–Crippen LogP) is -0.386. The molecule has 0 aliphatic heterocycles. The van der Waals surface area contributed by atoms with E-state index in [9.17, 15) is 0 Å². The average Bonchev–Trinajstić information content (AvgIpc) is 0.811. The Kier molecular flexibility index (Phi) is 8.50. The number of primary amides is 1. The largest absolute Gasteiger partial charge is 0.361 e. The minimum atomic E-state index is -0.639. The maximum atomic E-state index is 9.09. The van der Waals surface area contributed by atoms with Crippen molar-refractivity contribution in [2.45, 2.75) is 0 Å². The van der Waals surface area contributed by atoms with Crippen molar-refractivity contribution in [3.63, 3.8) is 0 Å².